The van der Waals surface area contributed by atoms with E-state index < -0.39 is 0 Å². The monoisotopic (exact) mass is 428 g/mol. The maximum absolute atomic E-state index is 12.7. The van der Waals surface area contributed by atoms with E-state index >= 15 is 0 Å². The lowest BCUT2D eigenvalue weighted by molar-refractivity contribution is -0.138. The van der Waals surface area contributed by atoms with Gasteiger partial charge in [0.15, 0.2) is 0 Å². The Kier molecular flexibility index (Phi) is 8.46. The molecule has 1 aromatic rings. The molecule has 0 radical (unpaired) electrons. The number of aryl methyl sites for hydroxylation is 1. The number of para-hydroxylation sites is 1. The molecule has 3 rings (SSSR count). The van der Waals surface area contributed by atoms with Crippen LogP contribution in [-0.2, 0) is 20.8 Å². The van der Waals surface area contributed by atoms with Crippen molar-refractivity contribution in [3.8, 4) is 0 Å². The molecule has 170 valence electrons. The quantitative estimate of drug-likeness (QED) is 0.698. The van der Waals surface area contributed by atoms with Crippen LogP contribution in [0.1, 0.15) is 45.1 Å². The second kappa shape index (κ2) is 11.3. The zero-order chi connectivity index (χ0) is 22.2. The van der Waals surface area contributed by atoms with Crippen LogP contribution >= 0.6 is 0 Å². The summed E-state index contributed by atoms with van der Waals surface area (Å²) >= 11 is 0. The third-order valence-corrected chi connectivity index (χ3v) is 6.52. The van der Waals surface area contributed by atoms with Crippen molar-refractivity contribution in [1.29, 1.82) is 0 Å². The lowest BCUT2D eigenvalue weighted by Crippen LogP contribution is -2.47. The second-order valence-corrected chi connectivity index (χ2v) is 8.89. The van der Waals surface area contributed by atoms with Gasteiger partial charge in [-0.3, -0.25) is 19.3 Å². The molecule has 7 nitrogen and oxygen atoms in total. The van der Waals surface area contributed by atoms with Crippen LogP contribution in [0.2, 0.25) is 0 Å². The van der Waals surface area contributed by atoms with Crippen molar-refractivity contribution in [3.63, 3.8) is 0 Å². The van der Waals surface area contributed by atoms with E-state index in [-0.39, 0.29) is 30.8 Å². The van der Waals surface area contributed by atoms with Crippen molar-refractivity contribution in [2.45, 2.75) is 46.0 Å². The molecular weight excluding hydrogens is 392 g/mol. The Hall–Kier alpha value is -2.41. The van der Waals surface area contributed by atoms with Crippen molar-refractivity contribution in [1.82, 2.24) is 15.1 Å². The first-order valence-corrected chi connectivity index (χ1v) is 11.6. The summed E-state index contributed by atoms with van der Waals surface area (Å²) in [6.45, 7) is 7.75. The topological polar surface area (TPSA) is 81.8 Å². The van der Waals surface area contributed by atoms with E-state index in [1.54, 1.807) is 0 Å². The summed E-state index contributed by atoms with van der Waals surface area (Å²) in [5.41, 5.74) is 1.86. The maximum Gasteiger partial charge on any atom is 0.243 e. The average molecular weight is 429 g/mol. The molecule has 2 fully saturated rings. The lowest BCUT2D eigenvalue weighted by Gasteiger charge is -2.36. The Balaban J connectivity index is 1.35. The highest BCUT2D eigenvalue weighted by Crippen LogP contribution is 2.23. The molecule has 0 atom stereocenters. The Labute approximate surface area is 185 Å². The van der Waals surface area contributed by atoms with Crippen LogP contribution in [0.4, 0.5) is 5.69 Å². The van der Waals surface area contributed by atoms with E-state index in [1.165, 1.54) is 0 Å². The number of benzene rings is 1. The summed E-state index contributed by atoms with van der Waals surface area (Å²) in [4.78, 5) is 41.3. The highest BCUT2D eigenvalue weighted by molar-refractivity contribution is 5.95. The van der Waals surface area contributed by atoms with Crippen molar-refractivity contribution in [2.24, 2.45) is 11.8 Å². The lowest BCUT2D eigenvalue weighted by atomic mass is 9.92. The predicted molar refractivity (Wildman–Crippen MR) is 122 cm³/mol. The Morgan fingerprint density at radius 2 is 1.65 bits per heavy atom. The number of carbonyl (C=O) groups excluding carboxylic acids is 3. The number of nitrogens with one attached hydrogen (secondary N) is 2. The van der Waals surface area contributed by atoms with Crippen LogP contribution in [0, 0.1) is 11.8 Å². The molecule has 2 heterocycles. The second-order valence-electron chi connectivity index (χ2n) is 8.89. The summed E-state index contributed by atoms with van der Waals surface area (Å²) in [6, 6.07) is 7.68. The molecule has 0 aliphatic carbocycles. The number of amides is 3. The Morgan fingerprint density at radius 1 is 0.968 bits per heavy atom. The van der Waals surface area contributed by atoms with Crippen molar-refractivity contribution >= 4 is 23.4 Å². The zero-order valence-corrected chi connectivity index (χ0v) is 18.9. The van der Waals surface area contributed by atoms with Gasteiger partial charge in [0.2, 0.25) is 17.7 Å². The zero-order valence-electron chi connectivity index (χ0n) is 18.9. The van der Waals surface area contributed by atoms with E-state index in [0.717, 1.165) is 69.5 Å². The standard InChI is InChI=1S/C24H36N4O3/c1-3-19-6-4-5-7-21(19)26-22(29)16-25-23(30)17-27-12-10-20(11-13-27)24(31)28-14-8-18(2)9-15-28/h4-7,18,20H,3,8-17H2,1-2H3,(H,25,30)(H,26,29). The third-order valence-electron chi connectivity index (χ3n) is 6.52. The van der Waals surface area contributed by atoms with Gasteiger partial charge < -0.3 is 15.5 Å². The van der Waals surface area contributed by atoms with Crippen LogP contribution in [0.15, 0.2) is 24.3 Å². The summed E-state index contributed by atoms with van der Waals surface area (Å²) in [5, 5.41) is 5.57. The number of rotatable bonds is 7. The highest BCUT2D eigenvalue weighted by Gasteiger charge is 2.30. The first-order valence-electron chi connectivity index (χ1n) is 11.6. The fraction of sp³-hybridized carbons (Fsp3) is 0.625. The number of hydrogen-bond donors (Lipinski definition) is 2. The molecule has 0 unspecified atom stereocenters. The molecule has 0 bridgehead atoms. The molecule has 2 aliphatic rings. The van der Waals surface area contributed by atoms with Gasteiger partial charge in [-0.1, -0.05) is 32.0 Å². The molecule has 7 heteroatoms. The van der Waals surface area contributed by atoms with Gasteiger partial charge in [-0.15, -0.1) is 0 Å². The van der Waals surface area contributed by atoms with Crippen molar-refractivity contribution in [2.75, 3.05) is 44.6 Å². The van der Waals surface area contributed by atoms with E-state index in [4.69, 9.17) is 0 Å². The van der Waals surface area contributed by atoms with Gasteiger partial charge in [-0.05, 0) is 62.7 Å². The first-order chi connectivity index (χ1) is 15.0. The van der Waals surface area contributed by atoms with Gasteiger partial charge in [-0.25, -0.2) is 0 Å². The number of likely N-dealkylation sites (tertiary alicyclic amines) is 2. The fourth-order valence-electron chi connectivity index (χ4n) is 4.41. The van der Waals surface area contributed by atoms with Gasteiger partial charge in [0.1, 0.15) is 0 Å². The normalized spacial score (nSPS) is 18.6. The highest BCUT2D eigenvalue weighted by atomic mass is 16.2. The number of hydrogen-bond acceptors (Lipinski definition) is 4. The molecule has 1 aromatic carbocycles. The molecule has 0 aromatic heterocycles. The van der Waals surface area contributed by atoms with Gasteiger partial charge >= 0.3 is 0 Å². The number of anilines is 1. The summed E-state index contributed by atoms with van der Waals surface area (Å²) in [6.07, 6.45) is 4.63. The largest absolute Gasteiger partial charge is 0.346 e. The van der Waals surface area contributed by atoms with E-state index in [0.29, 0.717) is 11.8 Å². The van der Waals surface area contributed by atoms with Gasteiger partial charge in [0.05, 0.1) is 13.1 Å². The molecule has 2 N–H and O–H groups in total. The number of carbonyl (C=O) groups is 3. The average Bonchev–Trinajstić information content (AvgIpc) is 2.78. The maximum atomic E-state index is 12.7. The van der Waals surface area contributed by atoms with E-state index in [9.17, 15) is 14.4 Å². The van der Waals surface area contributed by atoms with E-state index in [2.05, 4.69) is 22.5 Å². The molecule has 0 spiro atoms. The van der Waals surface area contributed by atoms with Crippen LogP contribution in [0.3, 0.4) is 0 Å². The smallest absolute Gasteiger partial charge is 0.243 e. The predicted octanol–water partition coefficient (Wildman–Crippen LogP) is 2.27. The van der Waals surface area contributed by atoms with Crippen molar-refractivity contribution in [3.05, 3.63) is 29.8 Å². The minimum absolute atomic E-state index is 0.0424. The van der Waals surface area contributed by atoms with Crippen LogP contribution < -0.4 is 10.6 Å². The van der Waals surface area contributed by atoms with Crippen LogP contribution in [-0.4, -0.2) is 66.8 Å². The summed E-state index contributed by atoms with van der Waals surface area (Å²) in [5.74, 6) is 0.702. The SMILES string of the molecule is CCc1ccccc1NC(=O)CNC(=O)CN1CCC(C(=O)N2CCC(C)CC2)CC1. The fourth-order valence-corrected chi connectivity index (χ4v) is 4.41. The van der Waals surface area contributed by atoms with Crippen molar-refractivity contribution < 1.29 is 14.4 Å². The van der Waals surface area contributed by atoms with Gasteiger partial charge in [0.25, 0.3) is 0 Å². The molecule has 2 saturated heterocycles. The Morgan fingerprint density at radius 3 is 2.32 bits per heavy atom. The number of piperidine rings is 2. The van der Waals surface area contributed by atoms with Gasteiger partial charge in [0, 0.05) is 24.7 Å². The first kappa shape index (κ1) is 23.3. The number of nitrogens with zero attached hydrogens (tertiary/aromatic N) is 2. The summed E-state index contributed by atoms with van der Waals surface area (Å²) in [7, 11) is 0. The minimum atomic E-state index is -0.227. The van der Waals surface area contributed by atoms with Crippen LogP contribution in [0.5, 0.6) is 0 Å². The molecule has 3 amide bonds. The molecule has 0 saturated carbocycles. The molecule has 2 aliphatic heterocycles. The van der Waals surface area contributed by atoms with Crippen LogP contribution in [0.25, 0.3) is 0 Å². The minimum Gasteiger partial charge on any atom is -0.346 e. The van der Waals surface area contributed by atoms with E-state index in [1.807, 2.05) is 36.1 Å². The molecule has 31 heavy (non-hydrogen) atoms. The van der Waals surface area contributed by atoms with Gasteiger partial charge in [-0.2, -0.15) is 0 Å². The summed E-state index contributed by atoms with van der Waals surface area (Å²) < 4.78 is 0. The Bertz CT molecular complexity index is 766. The third kappa shape index (κ3) is 6.79. The molecular formula is C24H36N4O3.